The zero-order chi connectivity index (χ0) is 17.4. The maximum Gasteiger partial charge on any atom is 0.254 e. The van der Waals surface area contributed by atoms with E-state index in [0.29, 0.717) is 38.0 Å². The Balaban J connectivity index is 1.66. The Morgan fingerprint density at radius 1 is 1.28 bits per heavy atom. The standard InChI is InChI=1S/C18H21N3O3S/c22-10-9-20-7-1-5-18(17(20)24)6-2-8-21(18)16(23)13-3-4-15-14(11-13)19-12-25-15/h3-4,11-12,22H,1-2,5-10H2. The van der Waals surface area contributed by atoms with E-state index in [9.17, 15) is 14.7 Å². The van der Waals surface area contributed by atoms with Crippen LogP contribution in [-0.4, -0.2) is 63.5 Å². The summed E-state index contributed by atoms with van der Waals surface area (Å²) < 4.78 is 1.05. The molecule has 2 aliphatic heterocycles. The minimum atomic E-state index is -0.735. The number of piperidine rings is 1. The molecule has 4 rings (SSSR count). The molecule has 2 saturated heterocycles. The van der Waals surface area contributed by atoms with Crippen LogP contribution in [0.3, 0.4) is 0 Å². The number of aromatic nitrogens is 1. The van der Waals surface area contributed by atoms with Gasteiger partial charge in [0, 0.05) is 25.2 Å². The van der Waals surface area contributed by atoms with Gasteiger partial charge in [0.1, 0.15) is 5.54 Å². The lowest BCUT2D eigenvalue weighted by Crippen LogP contribution is -2.61. The second kappa shape index (κ2) is 6.38. The molecule has 2 aliphatic rings. The normalized spacial score (nSPS) is 23.8. The average molecular weight is 359 g/mol. The Labute approximate surface area is 150 Å². The lowest BCUT2D eigenvalue weighted by atomic mass is 9.85. The van der Waals surface area contributed by atoms with E-state index in [1.165, 1.54) is 0 Å². The van der Waals surface area contributed by atoms with Crippen LogP contribution in [0.4, 0.5) is 0 Å². The number of benzene rings is 1. The first-order valence-electron chi connectivity index (χ1n) is 8.71. The molecule has 0 aliphatic carbocycles. The first-order chi connectivity index (χ1) is 12.2. The summed E-state index contributed by atoms with van der Waals surface area (Å²) in [6.45, 7) is 1.56. The molecular formula is C18H21N3O3S. The molecule has 1 aromatic heterocycles. The Morgan fingerprint density at radius 2 is 2.08 bits per heavy atom. The summed E-state index contributed by atoms with van der Waals surface area (Å²) >= 11 is 1.55. The molecule has 1 N–H and O–H groups in total. The quantitative estimate of drug-likeness (QED) is 0.908. The SMILES string of the molecule is O=C(c1ccc2scnc2c1)N1CCCC12CCCN(CCO)C2=O. The Morgan fingerprint density at radius 3 is 2.88 bits per heavy atom. The number of carbonyl (C=O) groups is 2. The zero-order valence-corrected chi connectivity index (χ0v) is 14.8. The van der Waals surface area contributed by atoms with Crippen molar-refractivity contribution in [2.75, 3.05) is 26.2 Å². The molecule has 2 fully saturated rings. The smallest absolute Gasteiger partial charge is 0.254 e. The second-order valence-corrected chi connectivity index (χ2v) is 7.63. The molecular weight excluding hydrogens is 338 g/mol. The van der Waals surface area contributed by atoms with Gasteiger partial charge in [0.25, 0.3) is 5.91 Å². The lowest BCUT2D eigenvalue weighted by Gasteiger charge is -2.44. The van der Waals surface area contributed by atoms with Crippen LogP contribution in [0.2, 0.25) is 0 Å². The van der Waals surface area contributed by atoms with Gasteiger partial charge in [-0.25, -0.2) is 4.98 Å². The molecule has 0 saturated carbocycles. The van der Waals surface area contributed by atoms with Gasteiger partial charge < -0.3 is 14.9 Å². The number of likely N-dealkylation sites (tertiary alicyclic amines) is 2. The topological polar surface area (TPSA) is 73.7 Å². The van der Waals surface area contributed by atoms with Crippen molar-refractivity contribution >= 4 is 33.4 Å². The van der Waals surface area contributed by atoms with Crippen LogP contribution in [0.15, 0.2) is 23.7 Å². The molecule has 1 atom stereocenters. The van der Waals surface area contributed by atoms with E-state index in [2.05, 4.69) is 4.98 Å². The fourth-order valence-electron chi connectivity index (χ4n) is 4.20. The number of nitrogens with zero attached hydrogens (tertiary/aromatic N) is 3. The molecule has 132 valence electrons. The number of thiazole rings is 1. The average Bonchev–Trinajstić information content (AvgIpc) is 3.25. The van der Waals surface area contributed by atoms with Crippen molar-refractivity contribution in [1.29, 1.82) is 0 Å². The number of hydrogen-bond donors (Lipinski definition) is 1. The van der Waals surface area contributed by atoms with Crippen molar-refractivity contribution in [3.05, 3.63) is 29.3 Å². The Kier molecular flexibility index (Phi) is 4.21. The molecule has 6 nitrogen and oxygen atoms in total. The molecule has 25 heavy (non-hydrogen) atoms. The van der Waals surface area contributed by atoms with Gasteiger partial charge in [-0.1, -0.05) is 0 Å². The van der Waals surface area contributed by atoms with Gasteiger partial charge in [-0.3, -0.25) is 9.59 Å². The van der Waals surface area contributed by atoms with E-state index in [1.807, 2.05) is 18.2 Å². The van der Waals surface area contributed by atoms with Gasteiger partial charge in [-0.2, -0.15) is 0 Å². The van der Waals surface area contributed by atoms with E-state index in [4.69, 9.17) is 0 Å². The number of β-amino-alcohol motifs (C(OH)–C–C–N with tert-alkyl or cyclic N) is 1. The highest BCUT2D eigenvalue weighted by Gasteiger charge is 2.52. The van der Waals surface area contributed by atoms with E-state index in [1.54, 1.807) is 26.6 Å². The summed E-state index contributed by atoms with van der Waals surface area (Å²) in [5.41, 5.74) is 2.45. The molecule has 0 radical (unpaired) electrons. The van der Waals surface area contributed by atoms with E-state index in [0.717, 1.165) is 23.1 Å². The number of aliphatic hydroxyl groups is 1. The van der Waals surface area contributed by atoms with Crippen molar-refractivity contribution in [2.45, 2.75) is 31.2 Å². The minimum Gasteiger partial charge on any atom is -0.395 e. The van der Waals surface area contributed by atoms with Gasteiger partial charge in [0.15, 0.2) is 0 Å². The second-order valence-electron chi connectivity index (χ2n) is 6.75. The van der Waals surface area contributed by atoms with Crippen LogP contribution in [-0.2, 0) is 4.79 Å². The lowest BCUT2D eigenvalue weighted by molar-refractivity contribution is -0.146. The summed E-state index contributed by atoms with van der Waals surface area (Å²) in [6.07, 6.45) is 3.11. The first kappa shape index (κ1) is 16.5. The fraction of sp³-hybridized carbons (Fsp3) is 0.500. The molecule has 3 heterocycles. The van der Waals surface area contributed by atoms with Crippen LogP contribution < -0.4 is 0 Å². The maximum atomic E-state index is 13.2. The summed E-state index contributed by atoms with van der Waals surface area (Å²) in [5, 5.41) is 9.22. The monoisotopic (exact) mass is 359 g/mol. The number of rotatable bonds is 3. The van der Waals surface area contributed by atoms with Crippen molar-refractivity contribution in [3.8, 4) is 0 Å². The van der Waals surface area contributed by atoms with Crippen LogP contribution in [0.1, 0.15) is 36.0 Å². The van der Waals surface area contributed by atoms with E-state index >= 15 is 0 Å². The highest BCUT2D eigenvalue weighted by Crippen LogP contribution is 2.39. The summed E-state index contributed by atoms with van der Waals surface area (Å²) in [7, 11) is 0. The van der Waals surface area contributed by atoms with E-state index < -0.39 is 5.54 Å². The van der Waals surface area contributed by atoms with Gasteiger partial charge in [0.2, 0.25) is 5.91 Å². The number of fused-ring (bicyclic) bond motifs is 1. The summed E-state index contributed by atoms with van der Waals surface area (Å²) in [6, 6.07) is 5.57. The molecule has 1 spiro atoms. The minimum absolute atomic E-state index is 0.00612. The van der Waals surface area contributed by atoms with Gasteiger partial charge in [-0.05, 0) is 43.9 Å². The third-order valence-electron chi connectivity index (χ3n) is 5.38. The first-order valence-corrected chi connectivity index (χ1v) is 9.59. The highest BCUT2D eigenvalue weighted by atomic mass is 32.1. The number of carbonyl (C=O) groups excluding carboxylic acids is 2. The molecule has 7 heteroatoms. The van der Waals surface area contributed by atoms with Crippen molar-refractivity contribution < 1.29 is 14.7 Å². The van der Waals surface area contributed by atoms with Gasteiger partial charge >= 0.3 is 0 Å². The zero-order valence-electron chi connectivity index (χ0n) is 14.0. The fourth-order valence-corrected chi connectivity index (χ4v) is 4.86. The molecule has 2 amide bonds. The number of hydrogen-bond acceptors (Lipinski definition) is 5. The Bertz CT molecular complexity index is 819. The van der Waals surface area contributed by atoms with Crippen LogP contribution in [0.25, 0.3) is 10.2 Å². The number of amides is 2. The largest absolute Gasteiger partial charge is 0.395 e. The summed E-state index contributed by atoms with van der Waals surface area (Å²) in [5.74, 6) is -0.0972. The molecule has 0 bridgehead atoms. The predicted octanol–water partition coefficient (Wildman–Crippen LogP) is 1.89. The van der Waals surface area contributed by atoms with Crippen molar-refractivity contribution in [2.24, 2.45) is 0 Å². The van der Waals surface area contributed by atoms with Crippen LogP contribution in [0, 0.1) is 0 Å². The third kappa shape index (κ3) is 2.62. The molecule has 2 aromatic rings. The van der Waals surface area contributed by atoms with Gasteiger partial charge in [0.05, 0.1) is 22.3 Å². The van der Waals surface area contributed by atoms with E-state index in [-0.39, 0.29) is 18.4 Å². The predicted molar refractivity (Wildman–Crippen MR) is 95.5 cm³/mol. The summed E-state index contributed by atoms with van der Waals surface area (Å²) in [4.78, 5) is 34.0. The van der Waals surface area contributed by atoms with Gasteiger partial charge in [-0.15, -0.1) is 11.3 Å². The van der Waals surface area contributed by atoms with Crippen molar-refractivity contribution in [1.82, 2.24) is 14.8 Å². The third-order valence-corrected chi connectivity index (χ3v) is 6.19. The van der Waals surface area contributed by atoms with Crippen molar-refractivity contribution in [3.63, 3.8) is 0 Å². The maximum absolute atomic E-state index is 13.2. The highest BCUT2D eigenvalue weighted by molar-refractivity contribution is 7.16. The molecule has 1 aromatic carbocycles. The van der Waals surface area contributed by atoms with Crippen LogP contribution >= 0.6 is 11.3 Å². The number of aliphatic hydroxyl groups excluding tert-OH is 1. The van der Waals surface area contributed by atoms with Crippen LogP contribution in [0.5, 0.6) is 0 Å². The molecule has 1 unspecified atom stereocenters. The Hall–Kier alpha value is -1.99.